The molecule has 2 amide bonds. The normalized spacial score (nSPS) is 15.3. The van der Waals surface area contributed by atoms with Gasteiger partial charge in [0.1, 0.15) is 6.04 Å². The van der Waals surface area contributed by atoms with Gasteiger partial charge < -0.3 is 24.3 Å². The Balaban J connectivity index is 1.20. The summed E-state index contributed by atoms with van der Waals surface area (Å²) >= 11 is 1.54. The Hall–Kier alpha value is -4.52. The van der Waals surface area contributed by atoms with Crippen molar-refractivity contribution in [2.24, 2.45) is 7.05 Å². The van der Waals surface area contributed by atoms with Gasteiger partial charge in [0, 0.05) is 61.2 Å². The average Bonchev–Trinajstić information content (AvgIpc) is 3.52. The Morgan fingerprint density at radius 1 is 1.06 bits per heavy atom. The van der Waals surface area contributed by atoms with E-state index in [1.54, 1.807) is 24.6 Å². The van der Waals surface area contributed by atoms with Crippen LogP contribution in [0.4, 0.5) is 22.0 Å². The number of benzene rings is 2. The van der Waals surface area contributed by atoms with Crippen LogP contribution in [0.15, 0.2) is 59.5 Å². The second kappa shape index (κ2) is 15.4. The maximum Gasteiger partial charge on any atom is 0.417 e. The number of aromatic nitrogens is 2. The van der Waals surface area contributed by atoms with E-state index >= 15 is 0 Å². The number of ether oxygens (including phenoxy) is 2. The summed E-state index contributed by atoms with van der Waals surface area (Å²) < 4.78 is 12.7. The molecule has 2 aromatic carbocycles. The van der Waals surface area contributed by atoms with Crippen molar-refractivity contribution in [3.8, 4) is 16.3 Å². The monoisotopic (exact) mass is 684 g/mol. The van der Waals surface area contributed by atoms with Gasteiger partial charge in [0.05, 0.1) is 18.9 Å². The molecule has 6 rings (SSSR count). The van der Waals surface area contributed by atoms with E-state index in [0.29, 0.717) is 61.5 Å². The lowest BCUT2D eigenvalue weighted by Gasteiger charge is -2.36. The van der Waals surface area contributed by atoms with Crippen molar-refractivity contribution in [2.45, 2.75) is 52.5 Å². The molecule has 2 aromatic heterocycles. The summed E-state index contributed by atoms with van der Waals surface area (Å²) in [4.78, 5) is 49.8. The van der Waals surface area contributed by atoms with E-state index in [4.69, 9.17) is 14.5 Å². The molecular weight excluding hydrogens is 641 g/mol. The van der Waals surface area contributed by atoms with Gasteiger partial charge in [-0.15, -0.1) is 11.3 Å². The quantitative estimate of drug-likeness (QED) is 0.200. The summed E-state index contributed by atoms with van der Waals surface area (Å²) in [7, 11) is 1.68. The van der Waals surface area contributed by atoms with E-state index in [0.717, 1.165) is 29.5 Å². The molecule has 0 spiro atoms. The Morgan fingerprint density at radius 2 is 1.80 bits per heavy atom. The van der Waals surface area contributed by atoms with E-state index in [9.17, 15) is 14.4 Å². The number of nitrogens with zero attached hydrogens (tertiary/aromatic N) is 4. The first-order valence-electron chi connectivity index (χ1n) is 17.0. The fourth-order valence-corrected chi connectivity index (χ4v) is 7.65. The molecular formula is C37H44N6O5S. The number of likely N-dealkylation sites (N-methyl/N-ethyl adjacent to an activating group) is 1. The van der Waals surface area contributed by atoms with Crippen LogP contribution in [0.2, 0.25) is 0 Å². The van der Waals surface area contributed by atoms with Gasteiger partial charge >= 0.3 is 6.09 Å². The summed E-state index contributed by atoms with van der Waals surface area (Å²) in [6, 6.07) is 14.7. The minimum atomic E-state index is -0.548. The molecule has 12 heteroatoms. The number of carbonyl (C=O) groups is 2. The predicted molar refractivity (Wildman–Crippen MR) is 193 cm³/mol. The molecule has 1 unspecified atom stereocenters. The summed E-state index contributed by atoms with van der Waals surface area (Å²) in [6.45, 7) is 9.70. The van der Waals surface area contributed by atoms with Crippen molar-refractivity contribution >= 4 is 40.5 Å². The Kier molecular flexibility index (Phi) is 10.8. The summed E-state index contributed by atoms with van der Waals surface area (Å²) in [5.41, 5.74) is 5.27. The van der Waals surface area contributed by atoms with Crippen LogP contribution in [0.1, 0.15) is 54.3 Å². The van der Waals surface area contributed by atoms with Crippen LogP contribution < -0.4 is 20.9 Å². The second-order valence-corrected chi connectivity index (χ2v) is 13.5. The molecule has 11 nitrogen and oxygen atoms in total. The number of nitrogens with one attached hydrogen (secondary N) is 2. The first-order valence-corrected chi connectivity index (χ1v) is 17.8. The third kappa shape index (κ3) is 7.71. The first kappa shape index (κ1) is 34.3. The van der Waals surface area contributed by atoms with E-state index in [2.05, 4.69) is 15.5 Å². The molecule has 1 fully saturated rings. The van der Waals surface area contributed by atoms with Crippen LogP contribution in [0.5, 0.6) is 5.06 Å². The topological polar surface area (TPSA) is 118 Å². The van der Waals surface area contributed by atoms with Gasteiger partial charge in [0.2, 0.25) is 5.91 Å². The highest BCUT2D eigenvalue weighted by Crippen LogP contribution is 2.35. The van der Waals surface area contributed by atoms with Crippen molar-refractivity contribution in [1.82, 2.24) is 19.4 Å². The van der Waals surface area contributed by atoms with Crippen molar-refractivity contribution in [3.05, 3.63) is 86.6 Å². The van der Waals surface area contributed by atoms with Crippen molar-refractivity contribution in [3.63, 3.8) is 0 Å². The number of hydrogen-bond acceptors (Lipinski definition) is 9. The number of aryl methyl sites for hydroxylation is 3. The first-order chi connectivity index (χ1) is 23.7. The van der Waals surface area contributed by atoms with Gasteiger partial charge in [-0.3, -0.25) is 19.8 Å². The summed E-state index contributed by atoms with van der Waals surface area (Å²) in [5, 5.41) is 6.69. The molecule has 2 N–H and O–H groups in total. The lowest BCUT2D eigenvalue weighted by atomic mass is 10.00. The highest BCUT2D eigenvalue weighted by molar-refractivity contribution is 7.14. The fourth-order valence-electron chi connectivity index (χ4n) is 6.55. The molecule has 49 heavy (non-hydrogen) atoms. The van der Waals surface area contributed by atoms with Crippen LogP contribution in [0, 0.1) is 6.92 Å². The minimum absolute atomic E-state index is 0.0708. The average molecular weight is 685 g/mol. The van der Waals surface area contributed by atoms with Crippen molar-refractivity contribution < 1.29 is 19.1 Å². The van der Waals surface area contributed by atoms with E-state index < -0.39 is 12.1 Å². The molecule has 258 valence electrons. The molecule has 3 heterocycles. The third-order valence-corrected chi connectivity index (χ3v) is 10.4. The van der Waals surface area contributed by atoms with Gasteiger partial charge in [-0.25, -0.2) is 9.78 Å². The van der Waals surface area contributed by atoms with Gasteiger partial charge in [0.25, 0.3) is 5.56 Å². The third-order valence-electron chi connectivity index (χ3n) is 9.29. The van der Waals surface area contributed by atoms with Gasteiger partial charge in [-0.05, 0) is 87.4 Å². The van der Waals surface area contributed by atoms with E-state index in [1.165, 1.54) is 27.8 Å². The molecule has 2 aliphatic rings. The van der Waals surface area contributed by atoms with Crippen LogP contribution >= 0.6 is 11.3 Å². The Labute approximate surface area is 290 Å². The number of amides is 2. The molecule has 0 saturated carbocycles. The molecule has 1 saturated heterocycles. The largest absolute Gasteiger partial charge is 0.417 e. The smallest absolute Gasteiger partial charge is 0.399 e. The zero-order valence-corrected chi connectivity index (χ0v) is 29.4. The number of fused-ring (bicyclic) bond motifs is 1. The van der Waals surface area contributed by atoms with E-state index in [-0.39, 0.29) is 17.3 Å². The van der Waals surface area contributed by atoms with Crippen LogP contribution in [-0.2, 0) is 29.4 Å². The number of thiophene rings is 1. The maximum atomic E-state index is 13.6. The number of anilines is 3. The van der Waals surface area contributed by atoms with Crippen LogP contribution in [0.25, 0.3) is 11.3 Å². The number of morpholine rings is 1. The molecule has 0 radical (unpaired) electrons. The predicted octanol–water partition coefficient (Wildman–Crippen LogP) is 6.29. The fraction of sp³-hybridized carbons (Fsp3) is 0.405. The Bertz CT molecular complexity index is 1840. The molecule has 4 aromatic rings. The van der Waals surface area contributed by atoms with Crippen molar-refractivity contribution in [2.75, 3.05) is 50.0 Å². The highest BCUT2D eigenvalue weighted by Gasteiger charge is 2.31. The Morgan fingerprint density at radius 3 is 2.51 bits per heavy atom. The molecule has 1 aliphatic carbocycles. The summed E-state index contributed by atoms with van der Waals surface area (Å²) in [5.74, 6) is 0.233. The van der Waals surface area contributed by atoms with Crippen LogP contribution in [0.3, 0.4) is 0 Å². The van der Waals surface area contributed by atoms with Gasteiger partial charge in [0.15, 0.2) is 10.9 Å². The number of hydrogen-bond donors (Lipinski definition) is 2. The SMILES string of the molecule is CCN(CC)C(=O)C(c1ccc(Nc2nc(-c3cccc(NC(=O)Oc4cc5c(s4)CCCC5)c3C)cn(C)c2=O)cc1)N1CCOCC1. The highest BCUT2D eigenvalue weighted by atomic mass is 32.1. The van der Waals surface area contributed by atoms with Gasteiger partial charge in [-0.1, -0.05) is 24.3 Å². The van der Waals surface area contributed by atoms with Crippen molar-refractivity contribution in [1.29, 1.82) is 0 Å². The lowest BCUT2D eigenvalue weighted by molar-refractivity contribution is -0.138. The molecule has 1 atom stereocenters. The molecule has 0 bridgehead atoms. The number of carbonyl (C=O) groups excluding carboxylic acids is 2. The summed E-state index contributed by atoms with van der Waals surface area (Å²) in [6.07, 6.45) is 5.53. The van der Waals surface area contributed by atoms with E-state index in [1.807, 2.05) is 74.2 Å². The minimum Gasteiger partial charge on any atom is -0.399 e. The van der Waals surface area contributed by atoms with Gasteiger partial charge in [-0.2, -0.15) is 0 Å². The standard InChI is InChI=1S/C37H44N6O5S/c1-5-42(6-2)35(44)33(43-18-20-47-21-19-43)25-14-16-27(17-15-25)38-34-36(45)41(4)23-30(39-34)28-11-9-12-29(24(28)3)40-37(46)48-32-22-26-10-7-8-13-31(26)49-32/h9,11-12,14-17,22-23,33H,5-8,10,13,18-21H2,1-4H3,(H,38,39)(H,40,46). The molecule has 1 aliphatic heterocycles. The zero-order chi connectivity index (χ0) is 34.5. The number of rotatable bonds is 10. The zero-order valence-electron chi connectivity index (χ0n) is 28.6. The van der Waals surface area contributed by atoms with Crippen LogP contribution in [-0.4, -0.2) is 70.7 Å². The lowest BCUT2D eigenvalue weighted by Crippen LogP contribution is -2.47. The second-order valence-electron chi connectivity index (χ2n) is 12.4. The maximum absolute atomic E-state index is 13.6.